The third kappa shape index (κ3) is 6.17. The fourth-order valence-electron chi connectivity index (χ4n) is 2.87. The van der Waals surface area contributed by atoms with Crippen LogP contribution in [0.1, 0.15) is 34.7 Å². The lowest BCUT2D eigenvalue weighted by atomic mass is 10.0. The van der Waals surface area contributed by atoms with E-state index in [9.17, 15) is 18.0 Å². The number of nitrogens with zero attached hydrogens (tertiary/aromatic N) is 3. The van der Waals surface area contributed by atoms with Gasteiger partial charge in [0.1, 0.15) is 5.76 Å². The summed E-state index contributed by atoms with van der Waals surface area (Å²) in [6, 6.07) is 5.73. The average molecular weight is 436 g/mol. The lowest BCUT2D eigenvalue weighted by Gasteiger charge is -2.07. The molecule has 3 aromatic heterocycles. The number of oxazole rings is 1. The molecule has 31 heavy (non-hydrogen) atoms. The molecule has 0 spiro atoms. The second-order valence-corrected chi connectivity index (χ2v) is 6.48. The molecule has 4 rings (SSSR count). The average Bonchev–Trinajstić information content (AvgIpc) is 3.18. The van der Waals surface area contributed by atoms with Crippen molar-refractivity contribution in [1.29, 1.82) is 0 Å². The van der Waals surface area contributed by atoms with E-state index >= 15 is 0 Å². The van der Waals surface area contributed by atoms with Crippen molar-refractivity contribution in [2.24, 2.45) is 5.73 Å². The zero-order valence-corrected chi connectivity index (χ0v) is 16.5. The van der Waals surface area contributed by atoms with Gasteiger partial charge in [0, 0.05) is 42.1 Å². The van der Waals surface area contributed by atoms with Crippen LogP contribution in [-0.2, 0) is 12.8 Å². The molecule has 164 valence electrons. The maximum absolute atomic E-state index is 11.7. The van der Waals surface area contributed by atoms with Gasteiger partial charge in [0.25, 0.3) is 0 Å². The number of rotatable bonds is 4. The lowest BCUT2D eigenvalue weighted by Crippen LogP contribution is -2.18. The summed E-state index contributed by atoms with van der Waals surface area (Å²) < 4.78 is 49.5. The van der Waals surface area contributed by atoms with Crippen LogP contribution in [0.15, 0.2) is 41.1 Å². The number of ether oxygens (including phenoxy) is 2. The van der Waals surface area contributed by atoms with Gasteiger partial charge in [0.15, 0.2) is 0 Å². The van der Waals surface area contributed by atoms with E-state index in [0.29, 0.717) is 11.8 Å². The molecule has 1 aliphatic rings. The van der Waals surface area contributed by atoms with E-state index in [1.165, 1.54) is 18.9 Å². The van der Waals surface area contributed by atoms with E-state index in [1.54, 1.807) is 13.3 Å². The molecule has 11 heteroatoms. The summed E-state index contributed by atoms with van der Waals surface area (Å²) >= 11 is 0. The van der Waals surface area contributed by atoms with Crippen molar-refractivity contribution in [2.45, 2.75) is 32.0 Å². The summed E-state index contributed by atoms with van der Waals surface area (Å²) in [7, 11) is 1.60. The summed E-state index contributed by atoms with van der Waals surface area (Å²) in [4.78, 5) is 22.5. The number of pyridine rings is 2. The van der Waals surface area contributed by atoms with Gasteiger partial charge in [-0.05, 0) is 31.4 Å². The molecule has 8 nitrogen and oxygen atoms in total. The summed E-state index contributed by atoms with van der Waals surface area (Å²) in [5.74, 6) is 0.742. The van der Waals surface area contributed by atoms with Crippen LogP contribution in [-0.4, -0.2) is 34.3 Å². The number of amides is 1. The number of halogens is 3. The monoisotopic (exact) mass is 436 g/mol. The highest BCUT2D eigenvalue weighted by Gasteiger charge is 2.31. The van der Waals surface area contributed by atoms with Crippen LogP contribution in [0, 0.1) is 0 Å². The molecule has 1 aliphatic carbocycles. The Hall–Kier alpha value is -3.63. The molecule has 0 saturated carbocycles. The van der Waals surface area contributed by atoms with Crippen LogP contribution in [0.3, 0.4) is 0 Å². The first-order valence-corrected chi connectivity index (χ1v) is 9.26. The molecule has 1 amide bonds. The van der Waals surface area contributed by atoms with Crippen molar-refractivity contribution < 1.29 is 31.9 Å². The normalized spacial score (nSPS) is 12.9. The van der Waals surface area contributed by atoms with Gasteiger partial charge in [-0.25, -0.2) is 15.0 Å². The predicted molar refractivity (Wildman–Crippen MR) is 102 cm³/mol. The molecule has 0 radical (unpaired) electrons. The number of alkyl halides is 3. The van der Waals surface area contributed by atoms with E-state index in [4.69, 9.17) is 14.9 Å². The Morgan fingerprint density at radius 1 is 1.10 bits per heavy atom. The minimum absolute atomic E-state index is 0.0979. The van der Waals surface area contributed by atoms with Crippen LogP contribution in [0.2, 0.25) is 0 Å². The van der Waals surface area contributed by atoms with Crippen molar-refractivity contribution in [3.63, 3.8) is 0 Å². The molecule has 0 aliphatic heterocycles. The molecule has 0 fully saturated rings. The number of carbonyl (C=O) groups is 1. The number of carbonyl (C=O) groups excluding carboxylic acids is 1. The zero-order valence-electron chi connectivity index (χ0n) is 16.5. The number of aromatic nitrogens is 3. The standard InChI is InChI=1S/C13H14N2O2.C7H5F3N2O2/c1-16-12-8-9(6-7-14-12)13-15-10-4-2-3-5-11(10)17-13;8-7(9,10)14-5-3-4(6(11)13)1-2-12-5/h6-8H,2-5H2,1H3;1-3H,(H2,11,13). The van der Waals surface area contributed by atoms with E-state index in [1.807, 2.05) is 12.1 Å². The largest absolute Gasteiger partial charge is 0.574 e. The summed E-state index contributed by atoms with van der Waals surface area (Å²) in [5.41, 5.74) is 6.78. The predicted octanol–water partition coefficient (Wildman–Crippen LogP) is 3.70. The summed E-state index contributed by atoms with van der Waals surface area (Å²) in [5, 5.41) is 0. The fourth-order valence-corrected chi connectivity index (χ4v) is 2.87. The van der Waals surface area contributed by atoms with Gasteiger partial charge >= 0.3 is 6.36 Å². The number of hydrogen-bond donors (Lipinski definition) is 1. The highest BCUT2D eigenvalue weighted by atomic mass is 19.4. The molecular weight excluding hydrogens is 417 g/mol. The topological polar surface area (TPSA) is 113 Å². The van der Waals surface area contributed by atoms with Crippen molar-refractivity contribution >= 4 is 5.91 Å². The molecular formula is C20H19F3N4O4. The number of hydrogen-bond acceptors (Lipinski definition) is 7. The van der Waals surface area contributed by atoms with Gasteiger partial charge in [0.2, 0.25) is 23.6 Å². The quantitative estimate of drug-likeness (QED) is 0.663. The number of primary amides is 1. The fraction of sp³-hybridized carbons (Fsp3) is 0.300. The highest BCUT2D eigenvalue weighted by Crippen LogP contribution is 2.28. The first-order valence-electron chi connectivity index (χ1n) is 9.26. The molecule has 0 aromatic carbocycles. The van der Waals surface area contributed by atoms with Crippen LogP contribution in [0.5, 0.6) is 11.8 Å². The molecule has 3 heterocycles. The Morgan fingerprint density at radius 3 is 2.48 bits per heavy atom. The van der Waals surface area contributed by atoms with Crippen LogP contribution in [0.25, 0.3) is 11.5 Å². The van der Waals surface area contributed by atoms with Gasteiger partial charge in [-0.3, -0.25) is 4.79 Å². The van der Waals surface area contributed by atoms with E-state index < -0.39 is 18.1 Å². The number of nitrogens with two attached hydrogens (primary N) is 1. The Labute approximate surface area is 175 Å². The molecule has 0 unspecified atom stereocenters. The number of fused-ring (bicyclic) bond motifs is 1. The Balaban J connectivity index is 0.000000180. The zero-order chi connectivity index (χ0) is 22.4. The van der Waals surface area contributed by atoms with Crippen LogP contribution < -0.4 is 15.2 Å². The summed E-state index contributed by atoms with van der Waals surface area (Å²) in [6.45, 7) is 0. The second kappa shape index (κ2) is 9.45. The van der Waals surface area contributed by atoms with Crippen molar-refractivity contribution in [3.05, 3.63) is 53.7 Å². The van der Waals surface area contributed by atoms with Gasteiger partial charge in [-0.15, -0.1) is 13.2 Å². The van der Waals surface area contributed by atoms with Crippen molar-refractivity contribution in [3.8, 4) is 23.2 Å². The maximum Gasteiger partial charge on any atom is 0.574 e. The van der Waals surface area contributed by atoms with E-state index in [2.05, 4.69) is 19.7 Å². The summed E-state index contributed by atoms with van der Waals surface area (Å²) in [6.07, 6.45) is 2.31. The van der Waals surface area contributed by atoms with Gasteiger partial charge in [0.05, 0.1) is 12.8 Å². The molecule has 3 aromatic rings. The SMILES string of the molecule is COc1cc(-c2nc3c(o2)CCCC3)ccn1.NC(=O)c1ccnc(OC(F)(F)F)c1. The highest BCUT2D eigenvalue weighted by molar-refractivity contribution is 5.92. The van der Waals surface area contributed by atoms with E-state index in [0.717, 1.165) is 42.1 Å². The third-order valence-corrected chi connectivity index (χ3v) is 4.28. The van der Waals surface area contributed by atoms with Crippen molar-refractivity contribution in [2.75, 3.05) is 7.11 Å². The first-order chi connectivity index (χ1) is 14.7. The number of methoxy groups -OCH3 is 1. The van der Waals surface area contributed by atoms with Crippen molar-refractivity contribution in [1.82, 2.24) is 15.0 Å². The second-order valence-electron chi connectivity index (χ2n) is 6.48. The third-order valence-electron chi connectivity index (χ3n) is 4.28. The molecule has 0 atom stereocenters. The van der Waals surface area contributed by atoms with E-state index in [-0.39, 0.29) is 5.56 Å². The van der Waals surface area contributed by atoms with Gasteiger partial charge in [-0.1, -0.05) is 0 Å². The maximum atomic E-state index is 11.7. The van der Waals surface area contributed by atoms with Gasteiger partial charge < -0.3 is 19.6 Å². The smallest absolute Gasteiger partial charge is 0.481 e. The first kappa shape index (κ1) is 22.1. The molecule has 2 N–H and O–H groups in total. The minimum atomic E-state index is -4.83. The molecule has 0 bridgehead atoms. The van der Waals surface area contributed by atoms with Gasteiger partial charge in [-0.2, -0.15) is 0 Å². The Kier molecular flexibility index (Phi) is 6.73. The van der Waals surface area contributed by atoms with Crippen LogP contribution >= 0.6 is 0 Å². The Bertz CT molecular complexity index is 1030. The molecule has 0 saturated heterocycles. The van der Waals surface area contributed by atoms with Crippen LogP contribution in [0.4, 0.5) is 13.2 Å². The Morgan fingerprint density at radius 2 is 1.81 bits per heavy atom. The number of aryl methyl sites for hydroxylation is 2. The lowest BCUT2D eigenvalue weighted by molar-refractivity contribution is -0.276. The minimum Gasteiger partial charge on any atom is -0.481 e.